The minimum atomic E-state index is -4.41. The first-order valence-electron chi connectivity index (χ1n) is 4.30. The molecule has 1 nitrogen and oxygen atoms in total. The van der Waals surface area contributed by atoms with Gasteiger partial charge < -0.3 is 4.74 Å². The van der Waals surface area contributed by atoms with Crippen molar-refractivity contribution in [1.29, 1.82) is 0 Å². The van der Waals surface area contributed by atoms with Crippen LogP contribution in [0, 0.1) is 0 Å². The SMILES string of the molecule is FC(F)(F)c1cccc(OCC(Cl)=C(Cl)Cl)c1. The summed E-state index contributed by atoms with van der Waals surface area (Å²) in [6.45, 7) is -0.189. The maximum atomic E-state index is 12.4. The first-order chi connectivity index (χ1) is 7.80. The summed E-state index contributed by atoms with van der Waals surface area (Å²) < 4.78 is 41.9. The lowest BCUT2D eigenvalue weighted by atomic mass is 10.2. The molecule has 0 saturated heterocycles. The quantitative estimate of drug-likeness (QED) is 0.766. The van der Waals surface area contributed by atoms with Crippen LogP contribution in [0.5, 0.6) is 5.75 Å². The highest BCUT2D eigenvalue weighted by Crippen LogP contribution is 2.31. The van der Waals surface area contributed by atoms with Crippen molar-refractivity contribution in [3.63, 3.8) is 0 Å². The van der Waals surface area contributed by atoms with Crippen LogP contribution in [-0.2, 0) is 6.18 Å². The maximum Gasteiger partial charge on any atom is 0.416 e. The van der Waals surface area contributed by atoms with Gasteiger partial charge in [-0.05, 0) is 18.2 Å². The molecule has 0 amide bonds. The normalized spacial score (nSPS) is 11.2. The van der Waals surface area contributed by atoms with E-state index in [0.717, 1.165) is 12.1 Å². The zero-order valence-corrected chi connectivity index (χ0v) is 10.5. The fourth-order valence-corrected chi connectivity index (χ4v) is 1.13. The Labute approximate surface area is 111 Å². The van der Waals surface area contributed by atoms with E-state index in [0.29, 0.717) is 0 Å². The van der Waals surface area contributed by atoms with Gasteiger partial charge in [0.1, 0.15) is 16.8 Å². The van der Waals surface area contributed by atoms with E-state index < -0.39 is 11.7 Å². The second kappa shape index (κ2) is 5.85. The lowest BCUT2D eigenvalue weighted by Crippen LogP contribution is -2.05. The van der Waals surface area contributed by atoms with E-state index in [1.54, 1.807) is 0 Å². The molecule has 0 aromatic heterocycles. The van der Waals surface area contributed by atoms with Crippen LogP contribution < -0.4 is 4.74 Å². The second-order valence-electron chi connectivity index (χ2n) is 2.98. The van der Waals surface area contributed by atoms with Crippen LogP contribution >= 0.6 is 34.8 Å². The van der Waals surface area contributed by atoms with E-state index in [1.807, 2.05) is 0 Å². The van der Waals surface area contributed by atoms with Gasteiger partial charge in [-0.15, -0.1) is 0 Å². The van der Waals surface area contributed by atoms with Gasteiger partial charge in [0, 0.05) is 0 Å². The molecule has 1 aromatic rings. The zero-order valence-electron chi connectivity index (χ0n) is 8.19. The van der Waals surface area contributed by atoms with Gasteiger partial charge in [0.15, 0.2) is 0 Å². The van der Waals surface area contributed by atoms with Crippen LogP contribution in [0.15, 0.2) is 33.8 Å². The monoisotopic (exact) mass is 304 g/mol. The highest BCUT2D eigenvalue weighted by Gasteiger charge is 2.30. The van der Waals surface area contributed by atoms with E-state index in [-0.39, 0.29) is 21.9 Å². The molecule has 17 heavy (non-hydrogen) atoms. The van der Waals surface area contributed by atoms with Gasteiger partial charge in [-0.2, -0.15) is 13.2 Å². The summed E-state index contributed by atoms with van der Waals surface area (Å²) in [6.07, 6.45) is -4.41. The highest BCUT2D eigenvalue weighted by molar-refractivity contribution is 6.59. The third kappa shape index (κ3) is 4.66. The number of ether oxygens (including phenoxy) is 1. The lowest BCUT2D eigenvalue weighted by molar-refractivity contribution is -0.137. The number of hydrogen-bond acceptors (Lipinski definition) is 1. The van der Waals surface area contributed by atoms with E-state index in [9.17, 15) is 13.2 Å². The van der Waals surface area contributed by atoms with Crippen molar-refractivity contribution in [1.82, 2.24) is 0 Å². The Bertz CT molecular complexity index is 425. The Morgan fingerprint density at radius 1 is 1.18 bits per heavy atom. The molecule has 0 N–H and O–H groups in total. The molecule has 0 bridgehead atoms. The molecule has 0 radical (unpaired) electrons. The van der Waals surface area contributed by atoms with Crippen LogP contribution in [0.4, 0.5) is 13.2 Å². The fourth-order valence-electron chi connectivity index (χ4n) is 0.963. The lowest BCUT2D eigenvalue weighted by Gasteiger charge is -2.09. The molecular formula is C10H6Cl3F3O. The Morgan fingerprint density at radius 2 is 1.82 bits per heavy atom. The first-order valence-corrected chi connectivity index (χ1v) is 5.44. The summed E-state index contributed by atoms with van der Waals surface area (Å²) in [5.74, 6) is 0.0348. The second-order valence-corrected chi connectivity index (χ2v) is 4.39. The van der Waals surface area contributed by atoms with Crippen molar-refractivity contribution in [2.45, 2.75) is 6.18 Å². The fraction of sp³-hybridized carbons (Fsp3) is 0.200. The zero-order chi connectivity index (χ0) is 13.1. The van der Waals surface area contributed by atoms with Gasteiger partial charge >= 0.3 is 6.18 Å². The number of benzene rings is 1. The predicted octanol–water partition coefficient (Wildman–Crippen LogP) is 4.97. The van der Waals surface area contributed by atoms with Gasteiger partial charge in [-0.3, -0.25) is 0 Å². The summed E-state index contributed by atoms with van der Waals surface area (Å²) in [4.78, 5) is 0. The van der Waals surface area contributed by atoms with Crippen LogP contribution in [0.25, 0.3) is 0 Å². The molecule has 0 unspecified atom stereocenters. The van der Waals surface area contributed by atoms with E-state index in [1.165, 1.54) is 12.1 Å². The molecular weight excluding hydrogens is 299 g/mol. The number of alkyl halides is 3. The minimum Gasteiger partial charge on any atom is -0.488 e. The molecule has 0 fully saturated rings. The van der Waals surface area contributed by atoms with Crippen LogP contribution in [0.2, 0.25) is 0 Å². The smallest absolute Gasteiger partial charge is 0.416 e. The maximum absolute atomic E-state index is 12.4. The molecule has 7 heteroatoms. The predicted molar refractivity (Wildman–Crippen MR) is 61.5 cm³/mol. The van der Waals surface area contributed by atoms with Crippen molar-refractivity contribution >= 4 is 34.8 Å². The van der Waals surface area contributed by atoms with E-state index in [4.69, 9.17) is 39.5 Å². The van der Waals surface area contributed by atoms with Gasteiger partial charge in [-0.1, -0.05) is 40.9 Å². The molecule has 0 saturated carbocycles. The molecule has 94 valence electrons. The summed E-state index contributed by atoms with van der Waals surface area (Å²) in [6, 6.07) is 4.42. The molecule has 1 rings (SSSR count). The van der Waals surface area contributed by atoms with Crippen molar-refractivity contribution in [2.75, 3.05) is 6.61 Å². The molecule has 0 heterocycles. The Hall–Kier alpha value is -0.580. The standard InChI is InChI=1S/C10H6Cl3F3O/c11-8(9(12)13)5-17-7-3-1-2-6(4-7)10(14,15)16/h1-4H,5H2. The average molecular weight is 306 g/mol. The molecule has 1 aromatic carbocycles. The van der Waals surface area contributed by atoms with Gasteiger partial charge in [-0.25, -0.2) is 0 Å². The number of hydrogen-bond donors (Lipinski definition) is 0. The van der Waals surface area contributed by atoms with Crippen LogP contribution in [-0.4, -0.2) is 6.61 Å². The van der Waals surface area contributed by atoms with Gasteiger partial charge in [0.2, 0.25) is 0 Å². The number of rotatable bonds is 3. The van der Waals surface area contributed by atoms with Crippen molar-refractivity contribution < 1.29 is 17.9 Å². The van der Waals surface area contributed by atoms with Crippen LogP contribution in [0.1, 0.15) is 5.56 Å². The minimum absolute atomic E-state index is 0.0192. The summed E-state index contributed by atoms with van der Waals surface area (Å²) in [5.41, 5.74) is -0.799. The third-order valence-corrected chi connectivity index (χ3v) is 2.68. The largest absolute Gasteiger partial charge is 0.488 e. The van der Waals surface area contributed by atoms with E-state index in [2.05, 4.69) is 0 Å². The summed E-state index contributed by atoms with van der Waals surface area (Å²) in [5, 5.41) is 0.0192. The Morgan fingerprint density at radius 3 is 2.35 bits per heavy atom. The van der Waals surface area contributed by atoms with Crippen molar-refractivity contribution in [3.05, 3.63) is 39.4 Å². The van der Waals surface area contributed by atoms with Crippen molar-refractivity contribution in [2.24, 2.45) is 0 Å². The number of halogens is 6. The molecule has 0 spiro atoms. The van der Waals surface area contributed by atoms with Crippen molar-refractivity contribution in [3.8, 4) is 5.75 Å². The Kier molecular flexibility index (Phi) is 4.98. The van der Waals surface area contributed by atoms with Gasteiger partial charge in [0.25, 0.3) is 0 Å². The molecule has 0 atom stereocenters. The Balaban J connectivity index is 2.77. The van der Waals surface area contributed by atoms with E-state index >= 15 is 0 Å². The first kappa shape index (κ1) is 14.5. The molecule has 0 aliphatic rings. The summed E-state index contributed by atoms with van der Waals surface area (Å²) in [7, 11) is 0. The summed E-state index contributed by atoms with van der Waals surface area (Å²) >= 11 is 16.3. The molecule has 0 aliphatic heterocycles. The topological polar surface area (TPSA) is 9.23 Å². The highest BCUT2D eigenvalue weighted by atomic mass is 35.5. The average Bonchev–Trinajstić information content (AvgIpc) is 2.25. The van der Waals surface area contributed by atoms with Crippen LogP contribution in [0.3, 0.4) is 0 Å². The van der Waals surface area contributed by atoms with Gasteiger partial charge in [0.05, 0.1) is 10.6 Å². The third-order valence-electron chi connectivity index (χ3n) is 1.73. The molecule has 0 aliphatic carbocycles.